The van der Waals surface area contributed by atoms with Crippen LogP contribution in [0.2, 0.25) is 0 Å². The van der Waals surface area contributed by atoms with Crippen LogP contribution in [-0.2, 0) is 0 Å². The molecule has 24 heavy (non-hydrogen) atoms. The average Bonchev–Trinajstić information content (AvgIpc) is 3.19. The van der Waals surface area contributed by atoms with E-state index in [1.807, 2.05) is 6.92 Å². The van der Waals surface area contributed by atoms with Gasteiger partial charge in [0.25, 0.3) is 11.8 Å². The van der Waals surface area contributed by atoms with Gasteiger partial charge in [-0.05, 0) is 31.4 Å². The Hall–Kier alpha value is -1.64. The Morgan fingerprint density at radius 1 is 1.25 bits per heavy atom. The molecule has 0 aromatic heterocycles. The summed E-state index contributed by atoms with van der Waals surface area (Å²) >= 11 is 0. The number of nitrogens with one attached hydrogen (secondary N) is 2. The van der Waals surface area contributed by atoms with E-state index in [9.17, 15) is 9.59 Å². The molecule has 1 aliphatic heterocycles. The average molecular weight is 442 g/mol. The molecule has 2 unspecified atom stereocenters. The standard InChI is InChI=1S/C17H22N4O2.HI/c1-3-18-17(20-14-10-11(14)2)19-8-9-21-15(22)12-6-4-5-7-13(12)16(21)23;/h4-7,11,14H,3,8-10H2,1-2H3,(H2,18,19,20);1H. The van der Waals surface area contributed by atoms with Gasteiger partial charge < -0.3 is 10.6 Å². The van der Waals surface area contributed by atoms with Crippen LogP contribution < -0.4 is 10.6 Å². The molecule has 1 aromatic rings. The van der Waals surface area contributed by atoms with Crippen molar-refractivity contribution in [1.82, 2.24) is 15.5 Å². The predicted molar refractivity (Wildman–Crippen MR) is 104 cm³/mol. The number of nitrogens with zero attached hydrogens (tertiary/aromatic N) is 2. The van der Waals surface area contributed by atoms with Crippen LogP contribution in [0.15, 0.2) is 29.3 Å². The molecule has 2 atom stereocenters. The van der Waals surface area contributed by atoms with Crippen LogP contribution in [0.3, 0.4) is 0 Å². The third kappa shape index (κ3) is 3.88. The Morgan fingerprint density at radius 2 is 1.83 bits per heavy atom. The van der Waals surface area contributed by atoms with Crippen LogP contribution in [0.4, 0.5) is 0 Å². The number of amides is 2. The number of hydrogen-bond donors (Lipinski definition) is 2. The molecular formula is C17H23IN4O2. The molecule has 1 aromatic carbocycles. The lowest BCUT2D eigenvalue weighted by Gasteiger charge is -2.14. The number of aliphatic imine (C=N–C) groups is 1. The van der Waals surface area contributed by atoms with Crippen molar-refractivity contribution in [3.63, 3.8) is 0 Å². The van der Waals surface area contributed by atoms with Crippen LogP contribution in [0.5, 0.6) is 0 Å². The van der Waals surface area contributed by atoms with E-state index in [0.29, 0.717) is 36.2 Å². The first-order valence-corrected chi connectivity index (χ1v) is 8.12. The van der Waals surface area contributed by atoms with Gasteiger partial charge in [-0.2, -0.15) is 0 Å². The number of carbonyl (C=O) groups is 2. The highest BCUT2D eigenvalue weighted by atomic mass is 127. The van der Waals surface area contributed by atoms with E-state index in [1.165, 1.54) is 4.90 Å². The molecule has 3 rings (SSSR count). The number of rotatable bonds is 5. The highest BCUT2D eigenvalue weighted by Gasteiger charge is 2.35. The number of benzene rings is 1. The fourth-order valence-corrected chi connectivity index (χ4v) is 2.72. The van der Waals surface area contributed by atoms with Gasteiger partial charge in [-0.15, -0.1) is 24.0 Å². The first kappa shape index (κ1) is 18.7. The van der Waals surface area contributed by atoms with Crippen molar-refractivity contribution in [1.29, 1.82) is 0 Å². The van der Waals surface area contributed by atoms with Gasteiger partial charge in [-0.3, -0.25) is 19.5 Å². The van der Waals surface area contributed by atoms with Crippen LogP contribution in [0, 0.1) is 5.92 Å². The normalized spacial score (nSPS) is 22.1. The minimum Gasteiger partial charge on any atom is -0.357 e. The first-order chi connectivity index (χ1) is 11.1. The third-order valence-corrected chi connectivity index (χ3v) is 4.25. The van der Waals surface area contributed by atoms with Crippen molar-refractivity contribution in [2.24, 2.45) is 10.9 Å². The van der Waals surface area contributed by atoms with Gasteiger partial charge in [0.15, 0.2) is 5.96 Å². The Labute approximate surface area is 159 Å². The zero-order valence-corrected chi connectivity index (χ0v) is 16.2. The summed E-state index contributed by atoms with van der Waals surface area (Å²) in [6.45, 7) is 5.67. The van der Waals surface area contributed by atoms with Crippen molar-refractivity contribution in [3.8, 4) is 0 Å². The fraction of sp³-hybridized carbons (Fsp3) is 0.471. The SMILES string of the molecule is CCNC(=NCCN1C(=O)c2ccccc2C1=O)NC1CC1C.I. The molecule has 6 nitrogen and oxygen atoms in total. The molecule has 2 aliphatic rings. The summed E-state index contributed by atoms with van der Waals surface area (Å²) in [7, 11) is 0. The number of hydrogen-bond acceptors (Lipinski definition) is 3. The molecule has 2 amide bonds. The Kier molecular flexibility index (Phi) is 6.20. The zero-order chi connectivity index (χ0) is 16.4. The van der Waals surface area contributed by atoms with Crippen molar-refractivity contribution in [3.05, 3.63) is 35.4 Å². The molecule has 0 spiro atoms. The molecule has 7 heteroatoms. The summed E-state index contributed by atoms with van der Waals surface area (Å²) < 4.78 is 0. The van der Waals surface area contributed by atoms with E-state index in [0.717, 1.165) is 18.9 Å². The molecule has 0 radical (unpaired) electrons. The number of halogens is 1. The third-order valence-electron chi connectivity index (χ3n) is 4.25. The van der Waals surface area contributed by atoms with Crippen LogP contribution in [0.25, 0.3) is 0 Å². The second-order valence-electron chi connectivity index (χ2n) is 6.03. The van der Waals surface area contributed by atoms with Crippen LogP contribution >= 0.6 is 24.0 Å². The fourth-order valence-electron chi connectivity index (χ4n) is 2.72. The van der Waals surface area contributed by atoms with Gasteiger partial charge in [0.2, 0.25) is 0 Å². The van der Waals surface area contributed by atoms with Crippen molar-refractivity contribution < 1.29 is 9.59 Å². The van der Waals surface area contributed by atoms with Gasteiger partial charge in [-0.1, -0.05) is 19.1 Å². The molecule has 1 heterocycles. The number of fused-ring (bicyclic) bond motifs is 1. The molecule has 0 bridgehead atoms. The lowest BCUT2D eigenvalue weighted by Crippen LogP contribution is -2.40. The monoisotopic (exact) mass is 442 g/mol. The smallest absolute Gasteiger partial charge is 0.261 e. The molecular weight excluding hydrogens is 419 g/mol. The summed E-state index contributed by atoms with van der Waals surface area (Å²) in [6.07, 6.45) is 1.16. The molecule has 0 saturated heterocycles. The summed E-state index contributed by atoms with van der Waals surface area (Å²) in [4.78, 5) is 30.3. The molecule has 1 saturated carbocycles. The van der Waals surface area contributed by atoms with E-state index in [1.54, 1.807) is 24.3 Å². The molecule has 130 valence electrons. The van der Waals surface area contributed by atoms with Crippen molar-refractivity contribution in [2.75, 3.05) is 19.6 Å². The molecule has 2 N–H and O–H groups in total. The van der Waals surface area contributed by atoms with E-state index < -0.39 is 0 Å². The first-order valence-electron chi connectivity index (χ1n) is 8.12. The van der Waals surface area contributed by atoms with Gasteiger partial charge in [0.05, 0.1) is 17.7 Å². The topological polar surface area (TPSA) is 73.8 Å². The minimum absolute atomic E-state index is 0. The number of carbonyl (C=O) groups excluding carboxylic acids is 2. The highest BCUT2D eigenvalue weighted by molar-refractivity contribution is 14.0. The number of guanidine groups is 1. The van der Waals surface area contributed by atoms with Crippen LogP contribution in [-0.4, -0.2) is 48.3 Å². The predicted octanol–water partition coefficient (Wildman–Crippen LogP) is 1.86. The molecule has 1 fully saturated rings. The number of imide groups is 1. The lowest BCUT2D eigenvalue weighted by molar-refractivity contribution is 0.0659. The van der Waals surface area contributed by atoms with E-state index in [-0.39, 0.29) is 35.8 Å². The maximum atomic E-state index is 12.3. The van der Waals surface area contributed by atoms with Crippen molar-refractivity contribution in [2.45, 2.75) is 26.3 Å². The second kappa shape index (κ2) is 7.96. The van der Waals surface area contributed by atoms with Gasteiger partial charge in [-0.25, -0.2) is 0 Å². The Bertz CT molecular complexity index is 627. The Balaban J connectivity index is 0.00000208. The Morgan fingerprint density at radius 3 is 2.33 bits per heavy atom. The minimum atomic E-state index is -0.227. The van der Waals surface area contributed by atoms with Gasteiger partial charge >= 0.3 is 0 Å². The van der Waals surface area contributed by atoms with E-state index in [2.05, 4.69) is 22.5 Å². The summed E-state index contributed by atoms with van der Waals surface area (Å²) in [5.41, 5.74) is 0.969. The molecule has 1 aliphatic carbocycles. The maximum absolute atomic E-state index is 12.3. The van der Waals surface area contributed by atoms with Crippen LogP contribution in [0.1, 0.15) is 41.0 Å². The van der Waals surface area contributed by atoms with E-state index >= 15 is 0 Å². The largest absolute Gasteiger partial charge is 0.357 e. The lowest BCUT2D eigenvalue weighted by atomic mass is 10.1. The maximum Gasteiger partial charge on any atom is 0.261 e. The summed E-state index contributed by atoms with van der Waals surface area (Å²) in [5.74, 6) is 0.970. The highest BCUT2D eigenvalue weighted by Crippen LogP contribution is 2.28. The zero-order valence-electron chi connectivity index (χ0n) is 13.9. The quantitative estimate of drug-likeness (QED) is 0.316. The summed E-state index contributed by atoms with van der Waals surface area (Å²) in [6, 6.07) is 7.41. The van der Waals surface area contributed by atoms with Gasteiger partial charge in [0, 0.05) is 19.1 Å². The van der Waals surface area contributed by atoms with Crippen molar-refractivity contribution >= 4 is 41.8 Å². The summed E-state index contributed by atoms with van der Waals surface area (Å²) in [5, 5.41) is 6.55. The van der Waals surface area contributed by atoms with Gasteiger partial charge in [0.1, 0.15) is 0 Å². The second-order valence-corrected chi connectivity index (χ2v) is 6.03. The van der Waals surface area contributed by atoms with E-state index in [4.69, 9.17) is 0 Å².